The largest absolute Gasteiger partial charge is 0.456 e. The third-order valence-electron chi connectivity index (χ3n) is 6.32. The van der Waals surface area contributed by atoms with E-state index in [9.17, 15) is 0 Å². The van der Waals surface area contributed by atoms with Gasteiger partial charge in [0.2, 0.25) is 0 Å². The van der Waals surface area contributed by atoms with Crippen LogP contribution in [-0.4, -0.2) is 4.57 Å². The number of para-hydroxylation sites is 2. The Morgan fingerprint density at radius 3 is 2.10 bits per heavy atom. The van der Waals surface area contributed by atoms with Crippen molar-refractivity contribution in [2.24, 2.45) is 0 Å². The molecule has 4 aromatic carbocycles. The normalized spacial score (nSPS) is 12.6. The van der Waals surface area contributed by atoms with Crippen LogP contribution in [0.3, 0.4) is 0 Å². The van der Waals surface area contributed by atoms with Crippen LogP contribution in [-0.2, 0) is 0 Å². The Balaban J connectivity index is 1.76. The van der Waals surface area contributed by atoms with Gasteiger partial charge in [0.25, 0.3) is 0 Å². The first-order chi connectivity index (χ1) is 14.7. The van der Waals surface area contributed by atoms with Crippen LogP contribution in [0.1, 0.15) is 19.9 Å². The minimum absolute atomic E-state index is 0.305. The maximum Gasteiger partial charge on any atom is 0.137 e. The third kappa shape index (κ3) is 1.90. The summed E-state index contributed by atoms with van der Waals surface area (Å²) in [7, 11) is 0. The first kappa shape index (κ1) is 16.1. The molecular formula is C27H19NO2. The first-order valence-electron chi connectivity index (χ1n) is 10.4. The molecule has 0 amide bonds. The number of nitrogens with zero attached hydrogens (tertiary/aromatic N) is 1. The van der Waals surface area contributed by atoms with Crippen LogP contribution in [0.2, 0.25) is 0 Å². The van der Waals surface area contributed by atoms with Gasteiger partial charge in [-0.15, -0.1) is 0 Å². The predicted molar refractivity (Wildman–Crippen MR) is 124 cm³/mol. The highest BCUT2D eigenvalue weighted by molar-refractivity contribution is 6.25. The molecule has 0 saturated heterocycles. The van der Waals surface area contributed by atoms with Gasteiger partial charge in [-0.1, -0.05) is 36.4 Å². The predicted octanol–water partition coefficient (Wildman–Crippen LogP) is 8.17. The monoisotopic (exact) mass is 389 g/mol. The summed E-state index contributed by atoms with van der Waals surface area (Å²) >= 11 is 0. The molecule has 0 unspecified atom stereocenters. The molecule has 7 rings (SSSR count). The molecule has 3 nitrogen and oxygen atoms in total. The van der Waals surface area contributed by atoms with E-state index >= 15 is 0 Å². The second-order valence-corrected chi connectivity index (χ2v) is 8.36. The van der Waals surface area contributed by atoms with Crippen LogP contribution in [0, 0.1) is 0 Å². The number of hydrogen-bond acceptors (Lipinski definition) is 2. The molecule has 3 heterocycles. The Hall–Kier alpha value is -3.72. The zero-order valence-corrected chi connectivity index (χ0v) is 16.8. The number of benzene rings is 4. The van der Waals surface area contributed by atoms with Crippen LogP contribution >= 0.6 is 0 Å². The molecule has 144 valence electrons. The minimum atomic E-state index is 0.305. The Labute approximate surface area is 172 Å². The molecular weight excluding hydrogens is 370 g/mol. The molecule has 0 spiro atoms. The summed E-state index contributed by atoms with van der Waals surface area (Å²) in [6.45, 7) is 4.50. The van der Waals surface area contributed by atoms with Crippen molar-refractivity contribution in [2.45, 2.75) is 19.9 Å². The van der Waals surface area contributed by atoms with Crippen molar-refractivity contribution in [3.8, 4) is 0 Å². The second-order valence-electron chi connectivity index (χ2n) is 8.36. The minimum Gasteiger partial charge on any atom is -0.456 e. The van der Waals surface area contributed by atoms with Crippen molar-refractivity contribution in [3.05, 3.63) is 72.8 Å². The van der Waals surface area contributed by atoms with Crippen molar-refractivity contribution >= 4 is 65.7 Å². The van der Waals surface area contributed by atoms with Crippen molar-refractivity contribution in [1.29, 1.82) is 0 Å². The molecule has 3 heteroatoms. The van der Waals surface area contributed by atoms with Gasteiger partial charge in [-0.2, -0.15) is 0 Å². The van der Waals surface area contributed by atoms with E-state index in [0.717, 1.165) is 38.5 Å². The van der Waals surface area contributed by atoms with Gasteiger partial charge in [-0.25, -0.2) is 0 Å². The summed E-state index contributed by atoms with van der Waals surface area (Å²) in [5.41, 5.74) is 6.20. The summed E-state index contributed by atoms with van der Waals surface area (Å²) in [5, 5.41) is 7.13. The number of furan rings is 2. The Bertz CT molecular complexity index is 1780. The van der Waals surface area contributed by atoms with Crippen LogP contribution < -0.4 is 0 Å². The molecule has 0 bridgehead atoms. The molecule has 0 N–H and O–H groups in total. The Morgan fingerprint density at radius 1 is 0.600 bits per heavy atom. The first-order valence-corrected chi connectivity index (χ1v) is 10.4. The molecule has 0 saturated carbocycles. The number of hydrogen-bond donors (Lipinski definition) is 0. The summed E-state index contributed by atoms with van der Waals surface area (Å²) in [6.07, 6.45) is 0. The van der Waals surface area contributed by atoms with Gasteiger partial charge >= 0.3 is 0 Å². The van der Waals surface area contributed by atoms with Gasteiger partial charge in [0.1, 0.15) is 22.3 Å². The van der Waals surface area contributed by atoms with Gasteiger partial charge in [0, 0.05) is 33.0 Å². The van der Waals surface area contributed by atoms with E-state index in [-0.39, 0.29) is 0 Å². The van der Waals surface area contributed by atoms with Crippen molar-refractivity contribution in [2.75, 3.05) is 0 Å². The van der Waals surface area contributed by atoms with E-state index in [4.69, 9.17) is 8.83 Å². The lowest BCUT2D eigenvalue weighted by atomic mass is 10.1. The highest BCUT2D eigenvalue weighted by atomic mass is 16.3. The fourth-order valence-electron chi connectivity index (χ4n) is 5.10. The third-order valence-corrected chi connectivity index (χ3v) is 6.32. The molecule has 0 aliphatic heterocycles. The maximum atomic E-state index is 6.19. The fraction of sp³-hybridized carbons (Fsp3) is 0.111. The van der Waals surface area contributed by atoms with E-state index in [0.29, 0.717) is 6.04 Å². The van der Waals surface area contributed by atoms with Crippen molar-refractivity contribution < 1.29 is 8.83 Å². The average Bonchev–Trinajstić information content (AvgIpc) is 3.40. The summed E-state index contributed by atoms with van der Waals surface area (Å²) in [5.74, 6) is 0. The zero-order valence-electron chi connectivity index (χ0n) is 16.8. The quantitative estimate of drug-likeness (QED) is 0.283. The van der Waals surface area contributed by atoms with Crippen LogP contribution in [0.25, 0.3) is 65.7 Å². The van der Waals surface area contributed by atoms with E-state index in [1.165, 1.54) is 27.2 Å². The molecule has 0 aliphatic rings. The summed E-state index contributed by atoms with van der Waals surface area (Å²) in [6, 6.07) is 25.7. The summed E-state index contributed by atoms with van der Waals surface area (Å²) < 4.78 is 14.8. The van der Waals surface area contributed by atoms with E-state index in [2.05, 4.69) is 66.9 Å². The zero-order chi connectivity index (χ0) is 20.0. The number of rotatable bonds is 1. The smallest absolute Gasteiger partial charge is 0.137 e. The van der Waals surface area contributed by atoms with Gasteiger partial charge in [0.15, 0.2) is 0 Å². The molecule has 0 atom stereocenters. The maximum absolute atomic E-state index is 6.19. The lowest BCUT2D eigenvalue weighted by Crippen LogP contribution is -2.00. The highest BCUT2D eigenvalue weighted by Gasteiger charge is 2.20. The Kier molecular flexibility index (Phi) is 2.93. The van der Waals surface area contributed by atoms with Gasteiger partial charge in [0.05, 0.1) is 16.4 Å². The van der Waals surface area contributed by atoms with E-state index in [1.54, 1.807) is 0 Å². The number of aromatic nitrogens is 1. The van der Waals surface area contributed by atoms with Crippen LogP contribution in [0.15, 0.2) is 81.6 Å². The molecule has 7 aromatic rings. The van der Waals surface area contributed by atoms with Crippen molar-refractivity contribution in [3.63, 3.8) is 0 Å². The van der Waals surface area contributed by atoms with Gasteiger partial charge in [-0.3, -0.25) is 0 Å². The molecule has 3 aromatic heterocycles. The lowest BCUT2D eigenvalue weighted by Gasteiger charge is -2.12. The van der Waals surface area contributed by atoms with Crippen molar-refractivity contribution in [1.82, 2.24) is 4.57 Å². The lowest BCUT2D eigenvalue weighted by molar-refractivity contribution is 0.642. The van der Waals surface area contributed by atoms with E-state index in [1.807, 2.05) is 24.3 Å². The van der Waals surface area contributed by atoms with Crippen LogP contribution in [0.4, 0.5) is 0 Å². The Morgan fingerprint density at radius 2 is 1.30 bits per heavy atom. The standard InChI is InChI=1S/C27H19NO2/c1-15(2)28-21-13-20-16-7-3-5-9-22(16)30-25(20)14-19(21)17-11-12-24-26(27(17)28)18-8-4-6-10-23(18)29-24/h3-15H,1-2H3. The van der Waals surface area contributed by atoms with Crippen LogP contribution in [0.5, 0.6) is 0 Å². The summed E-state index contributed by atoms with van der Waals surface area (Å²) in [4.78, 5) is 0. The van der Waals surface area contributed by atoms with E-state index < -0.39 is 0 Å². The van der Waals surface area contributed by atoms with Gasteiger partial charge < -0.3 is 13.4 Å². The molecule has 0 radical (unpaired) electrons. The molecule has 30 heavy (non-hydrogen) atoms. The topological polar surface area (TPSA) is 31.2 Å². The SMILES string of the molecule is CC(C)n1c2cc3c(cc2c2ccc4oc5ccccc5c4c21)oc1ccccc13. The highest BCUT2D eigenvalue weighted by Crippen LogP contribution is 2.42. The second kappa shape index (κ2) is 5.45. The molecule has 0 aliphatic carbocycles. The average molecular weight is 389 g/mol. The molecule has 0 fully saturated rings. The van der Waals surface area contributed by atoms with Gasteiger partial charge in [-0.05, 0) is 50.2 Å². The number of fused-ring (bicyclic) bond motifs is 10. The fourth-order valence-corrected chi connectivity index (χ4v) is 5.10.